The van der Waals surface area contributed by atoms with Crippen molar-refractivity contribution in [2.45, 2.75) is 45.5 Å². The van der Waals surface area contributed by atoms with Gasteiger partial charge in [-0.1, -0.05) is 88.4 Å². The first-order valence-electron chi connectivity index (χ1n) is 8.38. The molecule has 2 nitrogen and oxygen atoms in total. The minimum absolute atomic E-state index is 0.170. The molecule has 1 unspecified atom stereocenters. The molecule has 23 heavy (non-hydrogen) atoms. The maximum Gasteiger partial charge on any atom is 0.126 e. The Labute approximate surface area is 139 Å². The van der Waals surface area contributed by atoms with Gasteiger partial charge in [-0.05, 0) is 17.0 Å². The van der Waals surface area contributed by atoms with Gasteiger partial charge in [0.25, 0.3) is 0 Å². The van der Waals surface area contributed by atoms with E-state index in [0.717, 1.165) is 11.1 Å². The van der Waals surface area contributed by atoms with Crippen LogP contribution in [0.1, 0.15) is 38.8 Å². The van der Waals surface area contributed by atoms with Crippen LogP contribution in [0.4, 0.5) is 0 Å². The van der Waals surface area contributed by atoms with Crippen molar-refractivity contribution in [3.8, 4) is 0 Å². The number of aliphatic hydroxyl groups excluding tert-OH is 1. The lowest BCUT2D eigenvalue weighted by atomic mass is 9.57. The van der Waals surface area contributed by atoms with Crippen molar-refractivity contribution in [3.05, 3.63) is 71.8 Å². The van der Waals surface area contributed by atoms with Crippen molar-refractivity contribution in [2.24, 2.45) is 11.3 Å². The largest absolute Gasteiger partial charge is 0.390 e. The van der Waals surface area contributed by atoms with Crippen LogP contribution in [0.3, 0.4) is 0 Å². The van der Waals surface area contributed by atoms with Gasteiger partial charge in [-0.25, -0.2) is 0 Å². The first kappa shape index (κ1) is 16.2. The van der Waals surface area contributed by atoms with Gasteiger partial charge < -0.3 is 9.84 Å². The number of hydrogen-bond acceptors (Lipinski definition) is 2. The summed E-state index contributed by atoms with van der Waals surface area (Å²) < 4.78 is 6.49. The van der Waals surface area contributed by atoms with Gasteiger partial charge in [0.15, 0.2) is 0 Å². The molecule has 1 heterocycles. The highest BCUT2D eigenvalue weighted by Crippen LogP contribution is 2.61. The van der Waals surface area contributed by atoms with Crippen molar-refractivity contribution in [1.29, 1.82) is 0 Å². The second-order valence-corrected chi connectivity index (χ2v) is 7.41. The summed E-state index contributed by atoms with van der Waals surface area (Å²) in [6.07, 6.45) is -0.645. The molecule has 3 rings (SSSR count). The average Bonchev–Trinajstić information content (AvgIpc) is 2.56. The highest BCUT2D eigenvalue weighted by molar-refractivity contribution is 5.42. The molecule has 0 radical (unpaired) electrons. The maximum atomic E-state index is 10.6. The number of ether oxygens (including phenoxy) is 1. The summed E-state index contributed by atoms with van der Waals surface area (Å²) in [6, 6.07) is 20.7. The van der Waals surface area contributed by atoms with Gasteiger partial charge in [0, 0.05) is 5.41 Å². The highest BCUT2D eigenvalue weighted by Gasteiger charge is 2.65. The Balaban J connectivity index is 2.10. The van der Waals surface area contributed by atoms with E-state index < -0.39 is 11.7 Å². The molecule has 2 aromatic rings. The van der Waals surface area contributed by atoms with Crippen LogP contribution in [-0.4, -0.2) is 17.3 Å². The molecule has 2 aromatic carbocycles. The Kier molecular flexibility index (Phi) is 4.07. The van der Waals surface area contributed by atoms with Crippen LogP contribution in [-0.2, 0) is 10.3 Å². The molecule has 1 aliphatic heterocycles. The third kappa shape index (κ3) is 2.32. The van der Waals surface area contributed by atoms with E-state index in [0.29, 0.717) is 0 Å². The molecule has 0 spiro atoms. The van der Waals surface area contributed by atoms with Crippen LogP contribution in [0.2, 0.25) is 0 Å². The molecule has 0 aromatic heterocycles. The number of aliphatic hydroxyl groups is 1. The number of benzene rings is 2. The Hall–Kier alpha value is -1.64. The lowest BCUT2D eigenvalue weighted by Gasteiger charge is -2.63. The van der Waals surface area contributed by atoms with E-state index in [2.05, 4.69) is 38.1 Å². The summed E-state index contributed by atoms with van der Waals surface area (Å²) in [5.41, 5.74) is 1.56. The predicted molar refractivity (Wildman–Crippen MR) is 93.2 cm³/mol. The van der Waals surface area contributed by atoms with E-state index in [-0.39, 0.29) is 17.4 Å². The normalized spacial score (nSPS) is 23.3. The van der Waals surface area contributed by atoms with Gasteiger partial charge in [-0.15, -0.1) is 0 Å². The SMILES string of the molecule is CC(C)C(O)[C@H]1OC(c2ccccc2)(c2ccccc2)C1(C)C. The standard InChI is InChI=1S/C21H26O2/c1-15(2)18(22)19-20(3,4)21(23-19,16-11-7-5-8-12-16)17-13-9-6-10-14-17/h5-15,18-19,22H,1-4H3/t18?,19-/m1/s1. The molecule has 0 aliphatic carbocycles. The molecular weight excluding hydrogens is 284 g/mol. The fraction of sp³-hybridized carbons (Fsp3) is 0.429. The molecule has 1 aliphatic rings. The third-order valence-corrected chi connectivity index (χ3v) is 5.28. The van der Waals surface area contributed by atoms with Gasteiger partial charge in [0.1, 0.15) is 5.60 Å². The molecule has 2 heteroatoms. The first-order chi connectivity index (χ1) is 10.9. The Morgan fingerprint density at radius 3 is 1.65 bits per heavy atom. The molecule has 122 valence electrons. The molecule has 0 bridgehead atoms. The fourth-order valence-electron chi connectivity index (χ4n) is 3.87. The van der Waals surface area contributed by atoms with Gasteiger partial charge in [-0.2, -0.15) is 0 Å². The van der Waals surface area contributed by atoms with E-state index in [1.54, 1.807) is 0 Å². The molecule has 1 saturated heterocycles. The highest BCUT2D eigenvalue weighted by atomic mass is 16.6. The molecule has 1 fully saturated rings. The van der Waals surface area contributed by atoms with Crippen molar-refractivity contribution >= 4 is 0 Å². The number of rotatable bonds is 4. The zero-order valence-corrected chi connectivity index (χ0v) is 14.4. The smallest absolute Gasteiger partial charge is 0.126 e. The monoisotopic (exact) mass is 310 g/mol. The summed E-state index contributed by atoms with van der Waals surface area (Å²) in [4.78, 5) is 0. The minimum Gasteiger partial charge on any atom is -0.390 e. The Bertz CT molecular complexity index is 607. The minimum atomic E-state index is -0.518. The molecule has 0 amide bonds. The Morgan fingerprint density at radius 1 is 0.870 bits per heavy atom. The van der Waals surface area contributed by atoms with E-state index in [1.807, 2.05) is 50.2 Å². The lowest BCUT2D eigenvalue weighted by Crippen LogP contribution is -2.68. The second-order valence-electron chi connectivity index (χ2n) is 7.41. The van der Waals surface area contributed by atoms with E-state index in [9.17, 15) is 5.11 Å². The van der Waals surface area contributed by atoms with Crippen molar-refractivity contribution in [3.63, 3.8) is 0 Å². The topological polar surface area (TPSA) is 29.5 Å². The average molecular weight is 310 g/mol. The number of hydrogen-bond donors (Lipinski definition) is 1. The second kappa shape index (κ2) is 5.77. The zero-order chi connectivity index (χ0) is 16.7. The molecular formula is C21H26O2. The zero-order valence-electron chi connectivity index (χ0n) is 14.4. The fourth-order valence-corrected chi connectivity index (χ4v) is 3.87. The van der Waals surface area contributed by atoms with Crippen molar-refractivity contribution in [2.75, 3.05) is 0 Å². The first-order valence-corrected chi connectivity index (χ1v) is 8.38. The quantitative estimate of drug-likeness (QED) is 0.908. The van der Waals surface area contributed by atoms with Crippen LogP contribution in [0.5, 0.6) is 0 Å². The summed E-state index contributed by atoms with van der Waals surface area (Å²) in [6.45, 7) is 8.48. The summed E-state index contributed by atoms with van der Waals surface area (Å²) >= 11 is 0. The molecule has 0 saturated carbocycles. The maximum absolute atomic E-state index is 10.6. The predicted octanol–water partition coefficient (Wildman–Crippen LogP) is 4.37. The van der Waals surface area contributed by atoms with E-state index in [4.69, 9.17) is 4.74 Å². The van der Waals surface area contributed by atoms with Gasteiger partial charge in [0.2, 0.25) is 0 Å². The van der Waals surface area contributed by atoms with Crippen LogP contribution in [0.25, 0.3) is 0 Å². The van der Waals surface area contributed by atoms with Crippen molar-refractivity contribution < 1.29 is 9.84 Å². The summed E-state index contributed by atoms with van der Waals surface area (Å²) in [5.74, 6) is 0.170. The van der Waals surface area contributed by atoms with Gasteiger partial charge in [0.05, 0.1) is 12.2 Å². The molecule has 2 atom stereocenters. The van der Waals surface area contributed by atoms with Crippen LogP contribution in [0.15, 0.2) is 60.7 Å². The third-order valence-electron chi connectivity index (χ3n) is 5.28. The van der Waals surface area contributed by atoms with Crippen LogP contribution in [0, 0.1) is 11.3 Å². The summed E-state index contributed by atoms with van der Waals surface area (Å²) in [5, 5.41) is 10.6. The van der Waals surface area contributed by atoms with Gasteiger partial charge >= 0.3 is 0 Å². The van der Waals surface area contributed by atoms with Crippen molar-refractivity contribution in [1.82, 2.24) is 0 Å². The van der Waals surface area contributed by atoms with E-state index >= 15 is 0 Å². The molecule has 1 N–H and O–H groups in total. The van der Waals surface area contributed by atoms with Gasteiger partial charge in [-0.3, -0.25) is 0 Å². The lowest BCUT2D eigenvalue weighted by molar-refractivity contribution is -0.324. The van der Waals surface area contributed by atoms with Crippen LogP contribution < -0.4 is 0 Å². The van der Waals surface area contributed by atoms with E-state index in [1.165, 1.54) is 0 Å². The Morgan fingerprint density at radius 2 is 1.30 bits per heavy atom. The summed E-state index contributed by atoms with van der Waals surface area (Å²) in [7, 11) is 0. The van der Waals surface area contributed by atoms with Crippen LogP contribution >= 0.6 is 0 Å².